The Labute approximate surface area is 129 Å². The van der Waals surface area contributed by atoms with E-state index in [1.165, 1.54) is 0 Å². The van der Waals surface area contributed by atoms with Crippen LogP contribution in [0.25, 0.3) is 0 Å². The number of hydrogen-bond acceptors (Lipinski definition) is 4. The van der Waals surface area contributed by atoms with E-state index in [9.17, 15) is 0 Å². The van der Waals surface area contributed by atoms with Crippen molar-refractivity contribution in [3.05, 3.63) is 40.4 Å². The van der Waals surface area contributed by atoms with Crippen molar-refractivity contribution in [2.24, 2.45) is 5.10 Å². The molecule has 0 aliphatic heterocycles. The minimum absolute atomic E-state index is 0.353. The molecule has 0 atom stereocenters. The van der Waals surface area contributed by atoms with Crippen LogP contribution in [0.1, 0.15) is 44.0 Å². The number of aromatic nitrogens is 3. The van der Waals surface area contributed by atoms with Gasteiger partial charge < -0.3 is 4.74 Å². The minimum Gasteiger partial charge on any atom is -0.497 e. The first-order chi connectivity index (χ1) is 10.2. The molecule has 21 heavy (non-hydrogen) atoms. The Morgan fingerprint density at radius 1 is 1.33 bits per heavy atom. The standard InChI is InChI=1S/C15H20N4OS/c1-4-12(5-2)14-17-18-15(21)19(14)16-10-11-6-8-13(20-3)9-7-11/h6-10,12H,4-5H2,1-3H3,(H,18,21)/b16-10-. The van der Waals surface area contributed by atoms with Crippen LogP contribution in [-0.4, -0.2) is 28.2 Å². The van der Waals surface area contributed by atoms with Gasteiger partial charge in [0.05, 0.1) is 13.3 Å². The molecule has 1 aromatic heterocycles. The van der Waals surface area contributed by atoms with E-state index < -0.39 is 0 Å². The molecule has 0 bridgehead atoms. The maximum Gasteiger partial charge on any atom is 0.216 e. The minimum atomic E-state index is 0.353. The molecule has 0 aliphatic rings. The first-order valence-corrected chi connectivity index (χ1v) is 7.46. The van der Waals surface area contributed by atoms with Crippen molar-refractivity contribution in [1.29, 1.82) is 0 Å². The van der Waals surface area contributed by atoms with Gasteiger partial charge >= 0.3 is 0 Å². The highest BCUT2D eigenvalue weighted by Gasteiger charge is 2.14. The fourth-order valence-electron chi connectivity index (χ4n) is 2.15. The molecular formula is C15H20N4OS. The van der Waals surface area contributed by atoms with Crippen LogP contribution in [0.5, 0.6) is 5.75 Å². The van der Waals surface area contributed by atoms with Crippen LogP contribution < -0.4 is 4.74 Å². The number of hydrogen-bond donors (Lipinski definition) is 1. The lowest BCUT2D eigenvalue weighted by Gasteiger charge is -2.10. The van der Waals surface area contributed by atoms with Gasteiger partial charge in [-0.25, -0.2) is 0 Å². The Morgan fingerprint density at radius 2 is 2.00 bits per heavy atom. The summed E-state index contributed by atoms with van der Waals surface area (Å²) >= 11 is 5.25. The van der Waals surface area contributed by atoms with Gasteiger partial charge in [-0.1, -0.05) is 13.8 Å². The average Bonchev–Trinajstić information content (AvgIpc) is 2.88. The first kappa shape index (κ1) is 15.4. The zero-order valence-electron chi connectivity index (χ0n) is 12.5. The quantitative estimate of drug-likeness (QED) is 0.653. The monoisotopic (exact) mass is 304 g/mol. The summed E-state index contributed by atoms with van der Waals surface area (Å²) in [6.45, 7) is 4.28. The summed E-state index contributed by atoms with van der Waals surface area (Å²) in [5, 5.41) is 11.6. The second-order valence-electron chi connectivity index (χ2n) is 4.73. The Kier molecular flexibility index (Phi) is 5.27. The molecule has 2 aromatic rings. The fourth-order valence-corrected chi connectivity index (χ4v) is 2.33. The van der Waals surface area contributed by atoms with Gasteiger partial charge in [0.2, 0.25) is 4.77 Å². The molecule has 112 valence electrons. The molecule has 0 saturated heterocycles. The van der Waals surface area contributed by atoms with Crippen LogP contribution in [0.15, 0.2) is 29.4 Å². The van der Waals surface area contributed by atoms with Crippen molar-refractivity contribution in [3.63, 3.8) is 0 Å². The van der Waals surface area contributed by atoms with E-state index in [2.05, 4.69) is 29.1 Å². The van der Waals surface area contributed by atoms with Gasteiger partial charge in [0.15, 0.2) is 5.82 Å². The Bertz CT molecular complexity index is 653. The molecule has 0 aliphatic carbocycles. The van der Waals surface area contributed by atoms with E-state index in [0.29, 0.717) is 10.7 Å². The fraction of sp³-hybridized carbons (Fsp3) is 0.400. The number of ether oxygens (including phenoxy) is 1. The molecule has 0 spiro atoms. The number of aromatic amines is 1. The molecule has 6 heteroatoms. The largest absolute Gasteiger partial charge is 0.497 e. The van der Waals surface area contributed by atoms with Gasteiger partial charge in [-0.2, -0.15) is 14.9 Å². The van der Waals surface area contributed by atoms with Gasteiger partial charge in [-0.15, -0.1) is 0 Å². The normalized spacial score (nSPS) is 11.4. The van der Waals surface area contributed by atoms with Crippen LogP contribution in [0.3, 0.4) is 0 Å². The number of H-pyrrole nitrogens is 1. The first-order valence-electron chi connectivity index (χ1n) is 7.05. The van der Waals surface area contributed by atoms with Gasteiger partial charge in [0, 0.05) is 5.92 Å². The molecular weight excluding hydrogens is 284 g/mol. The van der Waals surface area contributed by atoms with Crippen LogP contribution in [0, 0.1) is 4.77 Å². The molecule has 0 amide bonds. The molecule has 1 N–H and O–H groups in total. The van der Waals surface area contributed by atoms with Gasteiger partial charge in [0.1, 0.15) is 5.75 Å². The second kappa shape index (κ2) is 7.17. The predicted octanol–water partition coefficient (Wildman–Crippen LogP) is 3.74. The average molecular weight is 304 g/mol. The highest BCUT2D eigenvalue weighted by Crippen LogP contribution is 2.21. The van der Waals surface area contributed by atoms with E-state index in [4.69, 9.17) is 17.0 Å². The Balaban J connectivity index is 2.27. The maximum atomic E-state index is 5.25. The van der Waals surface area contributed by atoms with Gasteiger partial charge in [-0.05, 0) is 54.9 Å². The molecule has 5 nitrogen and oxygen atoms in total. The summed E-state index contributed by atoms with van der Waals surface area (Å²) in [6.07, 6.45) is 3.79. The highest BCUT2D eigenvalue weighted by molar-refractivity contribution is 7.71. The lowest BCUT2D eigenvalue weighted by atomic mass is 10.0. The zero-order chi connectivity index (χ0) is 15.2. The molecule has 0 radical (unpaired) electrons. The lowest BCUT2D eigenvalue weighted by molar-refractivity contribution is 0.415. The highest BCUT2D eigenvalue weighted by atomic mass is 32.1. The number of methoxy groups -OCH3 is 1. The van der Waals surface area contributed by atoms with Crippen molar-refractivity contribution < 1.29 is 4.74 Å². The third kappa shape index (κ3) is 3.58. The molecule has 1 aromatic carbocycles. The van der Waals surface area contributed by atoms with E-state index >= 15 is 0 Å². The lowest BCUT2D eigenvalue weighted by Crippen LogP contribution is -2.05. The Morgan fingerprint density at radius 3 is 2.57 bits per heavy atom. The maximum absolute atomic E-state index is 5.25. The topological polar surface area (TPSA) is 55.2 Å². The molecule has 0 unspecified atom stereocenters. The van der Waals surface area contributed by atoms with Crippen molar-refractivity contribution in [2.75, 3.05) is 7.11 Å². The second-order valence-corrected chi connectivity index (χ2v) is 5.12. The van der Waals surface area contributed by atoms with Crippen LogP contribution in [0.2, 0.25) is 0 Å². The van der Waals surface area contributed by atoms with Crippen molar-refractivity contribution in [3.8, 4) is 5.75 Å². The molecule has 0 fully saturated rings. The van der Waals surface area contributed by atoms with Gasteiger partial charge in [-0.3, -0.25) is 5.10 Å². The summed E-state index contributed by atoms with van der Waals surface area (Å²) in [5.41, 5.74) is 0.981. The Hall–Kier alpha value is -1.95. The number of benzene rings is 1. The van der Waals surface area contributed by atoms with Gasteiger partial charge in [0.25, 0.3) is 0 Å². The summed E-state index contributed by atoms with van der Waals surface area (Å²) in [4.78, 5) is 0. The van der Waals surface area contributed by atoms with E-state index in [0.717, 1.165) is 30.0 Å². The SMILES string of the molecule is CCC(CC)c1n[nH]c(=S)n1/N=C\c1ccc(OC)cc1. The summed E-state index contributed by atoms with van der Waals surface area (Å²) in [7, 11) is 1.65. The summed E-state index contributed by atoms with van der Waals surface area (Å²) < 4.78 is 7.36. The van der Waals surface area contributed by atoms with Crippen molar-refractivity contribution >= 4 is 18.4 Å². The van der Waals surface area contributed by atoms with Crippen molar-refractivity contribution in [2.45, 2.75) is 32.6 Å². The summed E-state index contributed by atoms with van der Waals surface area (Å²) in [6, 6.07) is 7.70. The van der Waals surface area contributed by atoms with Crippen LogP contribution in [0.4, 0.5) is 0 Å². The smallest absolute Gasteiger partial charge is 0.216 e. The molecule has 1 heterocycles. The number of rotatable bonds is 6. The van der Waals surface area contributed by atoms with Crippen molar-refractivity contribution in [1.82, 2.24) is 14.9 Å². The molecule has 2 rings (SSSR count). The molecule has 0 saturated carbocycles. The van der Waals surface area contributed by atoms with Crippen LogP contribution >= 0.6 is 12.2 Å². The third-order valence-electron chi connectivity index (χ3n) is 3.46. The van der Waals surface area contributed by atoms with E-state index in [1.807, 2.05) is 24.3 Å². The van der Waals surface area contributed by atoms with Crippen LogP contribution in [-0.2, 0) is 0 Å². The third-order valence-corrected chi connectivity index (χ3v) is 3.73. The number of nitrogens with one attached hydrogen (secondary N) is 1. The van der Waals surface area contributed by atoms with E-state index in [-0.39, 0.29) is 0 Å². The van der Waals surface area contributed by atoms with E-state index in [1.54, 1.807) is 18.0 Å². The predicted molar refractivity (Wildman–Crippen MR) is 86.7 cm³/mol. The zero-order valence-corrected chi connectivity index (χ0v) is 13.4. The number of nitrogens with zero attached hydrogens (tertiary/aromatic N) is 3. The summed E-state index contributed by atoms with van der Waals surface area (Å²) in [5.74, 6) is 2.06.